The number of hydrazine groups is 1. The average Bonchev–Trinajstić information content (AvgIpc) is 2.64. The highest BCUT2D eigenvalue weighted by molar-refractivity contribution is 5.32. The van der Waals surface area contributed by atoms with E-state index in [-0.39, 0.29) is 0 Å². The zero-order valence-electron chi connectivity index (χ0n) is 15.6. The van der Waals surface area contributed by atoms with Gasteiger partial charge in [-0.25, -0.2) is 0 Å². The molecular weight excluding hydrogens is 328 g/mol. The third-order valence-corrected chi connectivity index (χ3v) is 3.55. The second-order valence-electron chi connectivity index (χ2n) is 5.68. The summed E-state index contributed by atoms with van der Waals surface area (Å²) in [5.74, 6) is 0. The van der Waals surface area contributed by atoms with Crippen molar-refractivity contribution in [2.45, 2.75) is 0 Å². The number of hydrogen-bond donors (Lipinski definition) is 1. The van der Waals surface area contributed by atoms with Crippen molar-refractivity contribution in [2.75, 3.05) is 7.05 Å². The zero-order chi connectivity index (χ0) is 19.0. The fourth-order valence-corrected chi connectivity index (χ4v) is 2.19. The number of hydrogen-bond acceptors (Lipinski definition) is 2. The fourth-order valence-electron chi connectivity index (χ4n) is 2.19. The van der Waals surface area contributed by atoms with Crippen molar-refractivity contribution in [1.82, 2.24) is 10.4 Å². The largest absolute Gasteiger partial charge is 0.299 e. The van der Waals surface area contributed by atoms with Crippen LogP contribution in [0.3, 0.4) is 0 Å². The lowest BCUT2D eigenvalue weighted by molar-refractivity contribution is 0.353. The Kier molecular flexibility index (Phi) is 9.38. The molecule has 136 valence electrons. The predicted molar refractivity (Wildman–Crippen MR) is 118 cm³/mol. The van der Waals surface area contributed by atoms with Crippen LogP contribution in [0.4, 0.5) is 0 Å². The van der Waals surface area contributed by atoms with Gasteiger partial charge in [-0.1, -0.05) is 109 Å². The quantitative estimate of drug-likeness (QED) is 0.646. The van der Waals surface area contributed by atoms with E-state index in [1.165, 1.54) is 0 Å². The van der Waals surface area contributed by atoms with Crippen LogP contribution in [0.5, 0.6) is 0 Å². The van der Waals surface area contributed by atoms with E-state index in [0.717, 1.165) is 11.4 Å². The van der Waals surface area contributed by atoms with Crippen molar-refractivity contribution in [3.8, 4) is 0 Å². The Balaban J connectivity index is 2.16. The summed E-state index contributed by atoms with van der Waals surface area (Å²) in [6.07, 6.45) is 44.4. The van der Waals surface area contributed by atoms with Gasteiger partial charge in [-0.15, -0.1) is 0 Å². The number of likely N-dealkylation sites (N-methyl/N-ethyl adjacent to an activating group) is 1. The topological polar surface area (TPSA) is 15.3 Å². The van der Waals surface area contributed by atoms with Gasteiger partial charge in [0.25, 0.3) is 0 Å². The van der Waals surface area contributed by atoms with Crippen molar-refractivity contribution in [2.24, 2.45) is 0 Å². The molecule has 2 heteroatoms. The third-order valence-electron chi connectivity index (χ3n) is 3.55. The Bertz CT molecular complexity index is 816. The molecule has 0 atom stereocenters. The van der Waals surface area contributed by atoms with Gasteiger partial charge in [0.05, 0.1) is 11.4 Å². The Morgan fingerprint density at radius 3 is 1.44 bits per heavy atom. The average molecular weight is 354 g/mol. The van der Waals surface area contributed by atoms with Crippen molar-refractivity contribution >= 4 is 0 Å². The number of allylic oxidation sites excluding steroid dienone is 22. The maximum Gasteiger partial charge on any atom is 0.0568 e. The first-order valence-electron chi connectivity index (χ1n) is 8.97. The van der Waals surface area contributed by atoms with Crippen molar-refractivity contribution in [1.29, 1.82) is 0 Å². The second kappa shape index (κ2) is 12.8. The lowest BCUT2D eigenvalue weighted by atomic mass is 10.2. The van der Waals surface area contributed by atoms with E-state index in [4.69, 9.17) is 0 Å². The Morgan fingerprint density at radius 1 is 0.481 bits per heavy atom. The molecule has 0 heterocycles. The molecule has 2 aliphatic carbocycles. The minimum Gasteiger partial charge on any atom is -0.299 e. The van der Waals surface area contributed by atoms with Crippen LogP contribution < -0.4 is 5.43 Å². The van der Waals surface area contributed by atoms with Gasteiger partial charge in [-0.2, -0.15) is 0 Å². The summed E-state index contributed by atoms with van der Waals surface area (Å²) in [7, 11) is 2.00. The van der Waals surface area contributed by atoms with Gasteiger partial charge in [-0.3, -0.25) is 10.4 Å². The second-order valence-corrected chi connectivity index (χ2v) is 5.68. The van der Waals surface area contributed by atoms with Crippen LogP contribution in [0.25, 0.3) is 0 Å². The predicted octanol–water partition coefficient (Wildman–Crippen LogP) is 5.78. The summed E-state index contributed by atoms with van der Waals surface area (Å²) in [4.78, 5) is 0. The molecule has 0 spiro atoms. The van der Waals surface area contributed by atoms with Gasteiger partial charge in [0.2, 0.25) is 0 Å². The standard InChI is InChI=1S/C25H26N2/c1-27(25-22-18-14-10-6-3-7-11-15-19-23-25)26-24-20-16-12-8-4-2-5-9-13-17-21-24/h2-23,26H,1H3/b4-2-,5-2?,6-3-,7-3?,8-4?,9-5-,10-6?,11-7-,12-8-,13-9?,14-10-,15-11?,16-12?,17-13-,18-14?,19-15-,20-16-,21-17?,22-18-,23-19?,24-20?,24-21+,25-22?,25-23+. The van der Waals surface area contributed by atoms with E-state index in [1.54, 1.807) is 0 Å². The molecule has 0 fully saturated rings. The van der Waals surface area contributed by atoms with Crippen LogP contribution in [0.1, 0.15) is 0 Å². The van der Waals surface area contributed by atoms with Gasteiger partial charge in [0.1, 0.15) is 0 Å². The van der Waals surface area contributed by atoms with E-state index >= 15 is 0 Å². The van der Waals surface area contributed by atoms with Crippen LogP contribution in [0, 0.1) is 0 Å². The molecule has 0 aromatic rings. The maximum atomic E-state index is 3.42. The van der Waals surface area contributed by atoms with Crippen molar-refractivity contribution in [3.63, 3.8) is 0 Å². The van der Waals surface area contributed by atoms with Crippen LogP contribution in [0.15, 0.2) is 145 Å². The van der Waals surface area contributed by atoms with Gasteiger partial charge in [0.15, 0.2) is 0 Å². The molecule has 0 amide bonds. The van der Waals surface area contributed by atoms with E-state index in [2.05, 4.69) is 17.6 Å². The highest BCUT2D eigenvalue weighted by atomic mass is 15.5. The SMILES string of the molecule is CN(NC1=C/C=C\C=C/C=C\C=C/C=C\1)C1=C/C=C\C=C/C=C\C=C/C=C\1. The first-order valence-corrected chi connectivity index (χ1v) is 8.97. The molecule has 0 aromatic heterocycles. The van der Waals surface area contributed by atoms with Gasteiger partial charge >= 0.3 is 0 Å². The lowest BCUT2D eigenvalue weighted by Crippen LogP contribution is -2.31. The summed E-state index contributed by atoms with van der Waals surface area (Å²) < 4.78 is 0. The molecule has 27 heavy (non-hydrogen) atoms. The summed E-state index contributed by atoms with van der Waals surface area (Å²) in [6.45, 7) is 0. The molecule has 2 aliphatic rings. The molecule has 0 unspecified atom stereocenters. The molecule has 2 nitrogen and oxygen atoms in total. The van der Waals surface area contributed by atoms with Gasteiger partial charge in [0, 0.05) is 7.05 Å². The Morgan fingerprint density at radius 2 is 0.889 bits per heavy atom. The smallest absolute Gasteiger partial charge is 0.0568 e. The minimum atomic E-state index is 0.985. The molecule has 2 rings (SSSR count). The molecular formula is C25H26N2. The highest BCUT2D eigenvalue weighted by Crippen LogP contribution is 2.06. The van der Waals surface area contributed by atoms with Crippen LogP contribution in [0.2, 0.25) is 0 Å². The third kappa shape index (κ3) is 8.94. The number of rotatable bonds is 3. The summed E-state index contributed by atoms with van der Waals surface area (Å²) in [6, 6.07) is 0. The van der Waals surface area contributed by atoms with Gasteiger partial charge < -0.3 is 0 Å². The molecule has 0 radical (unpaired) electrons. The molecule has 0 saturated carbocycles. The Hall–Kier alpha value is -3.52. The number of nitrogens with one attached hydrogen (secondary N) is 1. The fraction of sp³-hybridized carbons (Fsp3) is 0.0400. The summed E-state index contributed by atoms with van der Waals surface area (Å²) in [5.41, 5.74) is 5.45. The van der Waals surface area contributed by atoms with Crippen LogP contribution >= 0.6 is 0 Å². The molecule has 1 N–H and O–H groups in total. The maximum absolute atomic E-state index is 3.42. The summed E-state index contributed by atoms with van der Waals surface area (Å²) >= 11 is 0. The van der Waals surface area contributed by atoms with Crippen LogP contribution in [-0.4, -0.2) is 12.1 Å². The van der Waals surface area contributed by atoms with E-state index in [0.29, 0.717) is 0 Å². The zero-order valence-corrected chi connectivity index (χ0v) is 15.6. The molecule has 0 aliphatic heterocycles. The van der Waals surface area contributed by atoms with Crippen molar-refractivity contribution in [3.05, 3.63) is 145 Å². The molecule has 0 saturated heterocycles. The van der Waals surface area contributed by atoms with Gasteiger partial charge in [-0.05, 0) is 24.3 Å². The van der Waals surface area contributed by atoms with E-state index < -0.39 is 0 Å². The Labute approximate surface area is 162 Å². The monoisotopic (exact) mass is 354 g/mol. The van der Waals surface area contributed by atoms with E-state index in [1.807, 2.05) is 134 Å². The van der Waals surface area contributed by atoms with Crippen LogP contribution in [-0.2, 0) is 0 Å². The first kappa shape index (κ1) is 19.8. The van der Waals surface area contributed by atoms with E-state index in [9.17, 15) is 0 Å². The molecule has 0 aromatic carbocycles. The first-order chi connectivity index (χ1) is 13.4. The van der Waals surface area contributed by atoms with Crippen molar-refractivity contribution < 1.29 is 0 Å². The minimum absolute atomic E-state index is 0.985. The number of nitrogens with zero attached hydrogens (tertiary/aromatic N) is 1. The lowest BCUT2D eigenvalue weighted by Gasteiger charge is -2.23. The highest BCUT2D eigenvalue weighted by Gasteiger charge is 2.00. The summed E-state index contributed by atoms with van der Waals surface area (Å²) in [5, 5.41) is 2.00. The molecule has 0 bridgehead atoms. The normalized spacial score (nSPS) is 32.5.